The summed E-state index contributed by atoms with van der Waals surface area (Å²) in [5, 5.41) is 2.84. The van der Waals surface area contributed by atoms with E-state index in [0.29, 0.717) is 23.8 Å². The number of rotatable bonds is 7. The van der Waals surface area contributed by atoms with Gasteiger partial charge in [0.05, 0.1) is 13.2 Å². The normalized spacial score (nSPS) is 19.0. The predicted molar refractivity (Wildman–Crippen MR) is 131 cm³/mol. The first-order valence-corrected chi connectivity index (χ1v) is 11.4. The molecule has 0 fully saturated rings. The van der Waals surface area contributed by atoms with Crippen molar-refractivity contribution in [1.82, 2.24) is 5.32 Å². The van der Waals surface area contributed by atoms with Gasteiger partial charge in [-0.05, 0) is 48.9 Å². The number of methoxy groups -OCH3 is 1. The Morgan fingerprint density at radius 2 is 1.82 bits per heavy atom. The van der Waals surface area contributed by atoms with E-state index in [-0.39, 0.29) is 11.5 Å². The molecule has 3 unspecified atom stereocenters. The smallest absolute Gasteiger partial charge is 0.341 e. The molecule has 0 spiro atoms. The van der Waals surface area contributed by atoms with Crippen molar-refractivity contribution in [2.45, 2.75) is 60.3 Å². The maximum atomic E-state index is 13.2. The Bertz CT molecular complexity index is 1070. The fraction of sp³-hybridized carbons (Fsp3) is 0.444. The van der Waals surface area contributed by atoms with Gasteiger partial charge in [0.2, 0.25) is 0 Å². The molecule has 1 aliphatic rings. The molecule has 0 aliphatic carbocycles. The van der Waals surface area contributed by atoms with Gasteiger partial charge in [0.25, 0.3) is 0 Å². The van der Waals surface area contributed by atoms with Crippen molar-refractivity contribution in [1.29, 1.82) is 0 Å². The Balaban J connectivity index is 1.92. The van der Waals surface area contributed by atoms with E-state index in [1.54, 1.807) is 20.1 Å². The monoisotopic (exact) mass is 466 g/mol. The summed E-state index contributed by atoms with van der Waals surface area (Å²) in [6.45, 7) is 11.9. The second kappa shape index (κ2) is 10.3. The summed E-state index contributed by atoms with van der Waals surface area (Å²) in [4.78, 5) is 29.5. The van der Waals surface area contributed by atoms with Gasteiger partial charge in [-0.25, -0.2) is 9.79 Å². The highest BCUT2D eigenvalue weighted by atomic mass is 16.5. The number of amides is 2. The molecular formula is C27H34N2O5. The van der Waals surface area contributed by atoms with Gasteiger partial charge in [-0.15, -0.1) is 0 Å². The van der Waals surface area contributed by atoms with Crippen LogP contribution in [0.15, 0.2) is 47.5 Å². The number of urea groups is 1. The van der Waals surface area contributed by atoms with E-state index >= 15 is 0 Å². The van der Waals surface area contributed by atoms with Crippen molar-refractivity contribution in [2.24, 2.45) is 16.3 Å². The molecule has 7 nitrogen and oxygen atoms in total. The Morgan fingerprint density at radius 1 is 1.15 bits per heavy atom. The summed E-state index contributed by atoms with van der Waals surface area (Å²) in [6.07, 6.45) is -0.309. The van der Waals surface area contributed by atoms with Crippen molar-refractivity contribution in [2.75, 3.05) is 7.11 Å². The molecule has 2 aromatic rings. The second-order valence-corrected chi connectivity index (χ2v) is 9.75. The molecule has 1 aliphatic heterocycles. The van der Waals surface area contributed by atoms with Gasteiger partial charge in [0, 0.05) is 5.71 Å². The van der Waals surface area contributed by atoms with Gasteiger partial charge in [0.15, 0.2) is 11.5 Å². The van der Waals surface area contributed by atoms with E-state index in [9.17, 15) is 9.59 Å². The summed E-state index contributed by atoms with van der Waals surface area (Å²) >= 11 is 0. The molecule has 34 heavy (non-hydrogen) atoms. The number of nitrogens with one attached hydrogen (secondary N) is 1. The van der Waals surface area contributed by atoms with Gasteiger partial charge in [0.1, 0.15) is 18.6 Å². The number of nitrogens with zero attached hydrogens (tertiary/aromatic N) is 1. The van der Waals surface area contributed by atoms with Crippen LogP contribution >= 0.6 is 0 Å². The van der Waals surface area contributed by atoms with Crippen LogP contribution in [0.3, 0.4) is 0 Å². The van der Waals surface area contributed by atoms with E-state index in [2.05, 4.69) is 10.3 Å². The number of aliphatic imine (C=N–C) groups is 1. The lowest BCUT2D eigenvalue weighted by Crippen LogP contribution is -2.45. The van der Waals surface area contributed by atoms with Gasteiger partial charge in [-0.3, -0.25) is 4.79 Å². The number of hydrogen-bond donors (Lipinski definition) is 1. The minimum absolute atomic E-state index is 0.217. The predicted octanol–water partition coefficient (Wildman–Crippen LogP) is 5.40. The average molecular weight is 467 g/mol. The zero-order chi connectivity index (χ0) is 25.0. The van der Waals surface area contributed by atoms with Crippen LogP contribution in [0.25, 0.3) is 0 Å². The first-order valence-electron chi connectivity index (χ1n) is 11.4. The topological polar surface area (TPSA) is 86.2 Å². The lowest BCUT2D eigenvalue weighted by molar-refractivity contribution is -0.156. The molecule has 2 amide bonds. The first kappa shape index (κ1) is 25.3. The first-order chi connectivity index (χ1) is 16.0. The van der Waals surface area contributed by atoms with Gasteiger partial charge >= 0.3 is 12.0 Å². The summed E-state index contributed by atoms with van der Waals surface area (Å²) in [6, 6.07) is 12.4. The summed E-state index contributed by atoms with van der Waals surface area (Å²) in [5.41, 5.74) is 2.78. The number of aryl methyl sites for hydroxylation is 1. The van der Waals surface area contributed by atoms with Crippen LogP contribution in [0.4, 0.5) is 4.79 Å². The number of carbonyl (C=O) groups excluding carboxylic acids is 2. The van der Waals surface area contributed by atoms with Crippen LogP contribution in [-0.2, 0) is 16.1 Å². The van der Waals surface area contributed by atoms with Crippen molar-refractivity contribution >= 4 is 17.7 Å². The molecule has 2 aromatic carbocycles. The zero-order valence-corrected chi connectivity index (χ0v) is 21.0. The number of hydrogen-bond acceptors (Lipinski definition) is 5. The minimum atomic E-state index is -0.748. The largest absolute Gasteiger partial charge is 0.493 e. The van der Waals surface area contributed by atoms with Crippen LogP contribution in [0.5, 0.6) is 11.5 Å². The molecular weight excluding hydrogens is 432 g/mol. The van der Waals surface area contributed by atoms with Gasteiger partial charge < -0.3 is 19.5 Å². The highest BCUT2D eigenvalue weighted by Gasteiger charge is 2.40. The molecule has 3 atom stereocenters. The van der Waals surface area contributed by atoms with Gasteiger partial charge in [-0.2, -0.15) is 0 Å². The van der Waals surface area contributed by atoms with Gasteiger partial charge in [-0.1, -0.05) is 57.2 Å². The molecule has 0 saturated carbocycles. The molecule has 0 aromatic heterocycles. The van der Waals surface area contributed by atoms with E-state index < -0.39 is 24.0 Å². The molecule has 0 radical (unpaired) electrons. The van der Waals surface area contributed by atoms with Crippen LogP contribution in [0.1, 0.15) is 57.4 Å². The van der Waals surface area contributed by atoms with Crippen LogP contribution in [-0.4, -0.2) is 30.9 Å². The molecule has 3 rings (SSSR count). The van der Waals surface area contributed by atoms with Crippen molar-refractivity contribution in [3.63, 3.8) is 0 Å². The van der Waals surface area contributed by atoms with E-state index in [1.165, 1.54) is 0 Å². The average Bonchev–Trinajstić information content (AvgIpc) is 2.77. The van der Waals surface area contributed by atoms with Crippen LogP contribution < -0.4 is 14.8 Å². The standard InChI is InChI=1S/C27H34N2O5/c1-16-13-20(14-21(32-7)24(16)33-15-19-11-9-8-10-12-19)23-22(17(2)28-26(31)29-23)25(30)34-18(3)27(4,5)6/h8-14,18,22-23H,15H2,1-7H3,(H,29,31). The molecule has 0 bridgehead atoms. The Kier molecular flexibility index (Phi) is 7.64. The number of esters is 1. The number of ether oxygens (including phenoxy) is 3. The van der Waals surface area contributed by atoms with Crippen molar-refractivity contribution < 1.29 is 23.8 Å². The van der Waals surface area contributed by atoms with Crippen molar-refractivity contribution in [3.05, 3.63) is 59.2 Å². The number of benzene rings is 2. The maximum Gasteiger partial charge on any atom is 0.341 e. The van der Waals surface area contributed by atoms with E-state index in [1.807, 2.05) is 71.0 Å². The summed E-state index contributed by atoms with van der Waals surface area (Å²) in [5.74, 6) is -0.0315. The second-order valence-electron chi connectivity index (χ2n) is 9.75. The summed E-state index contributed by atoms with van der Waals surface area (Å²) in [7, 11) is 1.57. The highest BCUT2D eigenvalue weighted by molar-refractivity contribution is 6.08. The van der Waals surface area contributed by atoms with E-state index in [0.717, 1.165) is 16.7 Å². The van der Waals surface area contributed by atoms with E-state index in [4.69, 9.17) is 14.2 Å². The number of carbonyl (C=O) groups is 2. The third kappa shape index (κ3) is 5.76. The Hall–Kier alpha value is -3.35. The fourth-order valence-electron chi connectivity index (χ4n) is 3.74. The SMILES string of the molecule is COc1cc(C2NC(=O)N=C(C)C2C(=O)OC(C)C(C)(C)C)cc(C)c1OCc1ccccc1. The maximum absolute atomic E-state index is 13.2. The molecule has 182 valence electrons. The van der Waals surface area contributed by atoms with Crippen LogP contribution in [0, 0.1) is 18.3 Å². The third-order valence-electron chi connectivity index (χ3n) is 6.17. The fourth-order valence-corrected chi connectivity index (χ4v) is 3.74. The Morgan fingerprint density at radius 3 is 2.44 bits per heavy atom. The molecule has 1 N–H and O–H groups in total. The lowest BCUT2D eigenvalue weighted by Gasteiger charge is -2.33. The third-order valence-corrected chi connectivity index (χ3v) is 6.17. The summed E-state index contributed by atoms with van der Waals surface area (Å²) < 4.78 is 17.5. The highest BCUT2D eigenvalue weighted by Crippen LogP contribution is 2.38. The lowest BCUT2D eigenvalue weighted by atomic mass is 9.86. The van der Waals surface area contributed by atoms with Crippen molar-refractivity contribution in [3.8, 4) is 11.5 Å². The zero-order valence-electron chi connectivity index (χ0n) is 21.0. The quantitative estimate of drug-likeness (QED) is 0.552. The molecule has 1 heterocycles. The van der Waals surface area contributed by atoms with Crippen LogP contribution in [0.2, 0.25) is 0 Å². The molecule has 0 saturated heterocycles. The minimum Gasteiger partial charge on any atom is -0.493 e. The Labute approximate surface area is 201 Å². The molecule has 7 heteroatoms.